The maximum absolute atomic E-state index is 6.52. The van der Waals surface area contributed by atoms with E-state index >= 15 is 0 Å². The number of nitrogens with two attached hydrogens (primary N) is 2. The third-order valence-electron chi connectivity index (χ3n) is 5.54. The lowest BCUT2D eigenvalue weighted by Crippen LogP contribution is -2.54. The molecule has 0 spiro atoms. The molecule has 2 aliphatic heterocycles. The number of thioether (sulfide) groups is 1. The van der Waals surface area contributed by atoms with E-state index in [4.69, 9.17) is 11.5 Å². The van der Waals surface area contributed by atoms with Crippen molar-refractivity contribution >= 4 is 11.8 Å². The molecule has 21 heavy (non-hydrogen) atoms. The van der Waals surface area contributed by atoms with Crippen LogP contribution in [0.4, 0.5) is 0 Å². The molecule has 3 aliphatic rings. The van der Waals surface area contributed by atoms with Gasteiger partial charge in [-0.1, -0.05) is 25.5 Å². The third kappa shape index (κ3) is 3.09. The van der Waals surface area contributed by atoms with E-state index in [-0.39, 0.29) is 11.6 Å². The van der Waals surface area contributed by atoms with Crippen LogP contribution in [0.5, 0.6) is 0 Å². The SMILES string of the molecule is CCCC1(N)C=C(SC2CC3CCC(C2)N3C)C=CC1N. The Balaban J connectivity index is 1.66. The summed E-state index contributed by atoms with van der Waals surface area (Å²) in [4.78, 5) is 3.93. The molecule has 0 aromatic rings. The summed E-state index contributed by atoms with van der Waals surface area (Å²) in [6.07, 6.45) is 14.0. The van der Waals surface area contributed by atoms with Crippen LogP contribution >= 0.6 is 11.8 Å². The van der Waals surface area contributed by atoms with Gasteiger partial charge in [-0.2, -0.15) is 0 Å². The first-order valence-electron chi connectivity index (χ1n) is 8.36. The van der Waals surface area contributed by atoms with Crippen LogP contribution in [0.25, 0.3) is 0 Å². The standard InChI is InChI=1S/C17H29N3S/c1-3-8-17(19)11-14(6-7-16(17)18)21-15-9-12-4-5-13(10-15)20(12)2/h6-7,11-13,15-16H,3-5,8-10,18-19H2,1-2H3. The highest BCUT2D eigenvalue weighted by Crippen LogP contribution is 2.42. The first kappa shape index (κ1) is 15.6. The third-order valence-corrected chi connectivity index (χ3v) is 6.78. The minimum absolute atomic E-state index is 0.0459. The molecule has 2 heterocycles. The van der Waals surface area contributed by atoms with E-state index in [1.54, 1.807) is 0 Å². The highest BCUT2D eigenvalue weighted by atomic mass is 32.2. The van der Waals surface area contributed by atoms with Gasteiger partial charge in [0.15, 0.2) is 0 Å². The minimum atomic E-state index is -0.351. The Morgan fingerprint density at radius 3 is 2.62 bits per heavy atom. The fourth-order valence-electron chi connectivity index (χ4n) is 4.18. The van der Waals surface area contributed by atoms with E-state index < -0.39 is 0 Å². The molecule has 3 nitrogen and oxygen atoms in total. The normalized spacial score (nSPS) is 43.1. The maximum Gasteiger partial charge on any atom is 0.0542 e. The van der Waals surface area contributed by atoms with Gasteiger partial charge in [-0.3, -0.25) is 0 Å². The van der Waals surface area contributed by atoms with Crippen molar-refractivity contribution in [3.05, 3.63) is 23.1 Å². The predicted octanol–water partition coefficient (Wildman–Crippen LogP) is 2.62. The Hall–Kier alpha value is -0.290. The Kier molecular flexibility index (Phi) is 4.51. The van der Waals surface area contributed by atoms with Crippen LogP contribution in [0, 0.1) is 0 Å². The van der Waals surface area contributed by atoms with Gasteiger partial charge in [0.25, 0.3) is 0 Å². The van der Waals surface area contributed by atoms with Gasteiger partial charge in [0.1, 0.15) is 0 Å². The van der Waals surface area contributed by atoms with Gasteiger partial charge in [-0.15, -0.1) is 11.8 Å². The molecule has 3 rings (SSSR count). The summed E-state index contributed by atoms with van der Waals surface area (Å²) in [5, 5.41) is 0.745. The fourth-order valence-corrected chi connectivity index (χ4v) is 5.65. The Bertz CT molecular complexity index is 433. The molecule has 2 saturated heterocycles. The summed E-state index contributed by atoms with van der Waals surface area (Å²) in [7, 11) is 2.30. The van der Waals surface area contributed by atoms with Crippen molar-refractivity contribution in [1.82, 2.24) is 4.90 Å². The quantitative estimate of drug-likeness (QED) is 0.838. The Morgan fingerprint density at radius 2 is 2.00 bits per heavy atom. The van der Waals surface area contributed by atoms with E-state index in [0.29, 0.717) is 0 Å². The van der Waals surface area contributed by atoms with Crippen molar-refractivity contribution in [2.24, 2.45) is 11.5 Å². The molecule has 1 aliphatic carbocycles. The molecular formula is C17H29N3S. The number of fused-ring (bicyclic) bond motifs is 2. The summed E-state index contributed by atoms with van der Waals surface area (Å²) < 4.78 is 0. The van der Waals surface area contributed by atoms with Crippen LogP contribution in [0.15, 0.2) is 23.1 Å². The number of piperidine rings is 1. The molecule has 4 heteroatoms. The van der Waals surface area contributed by atoms with Gasteiger partial charge >= 0.3 is 0 Å². The van der Waals surface area contributed by atoms with Crippen LogP contribution in [-0.4, -0.2) is 40.9 Å². The summed E-state index contributed by atoms with van der Waals surface area (Å²) >= 11 is 2.03. The molecule has 4 unspecified atom stereocenters. The number of allylic oxidation sites excluding steroid dienone is 1. The number of rotatable bonds is 4. The maximum atomic E-state index is 6.52. The van der Waals surface area contributed by atoms with Crippen LogP contribution in [-0.2, 0) is 0 Å². The molecule has 2 fully saturated rings. The van der Waals surface area contributed by atoms with Crippen molar-refractivity contribution in [1.29, 1.82) is 0 Å². The average Bonchev–Trinajstić information content (AvgIpc) is 2.66. The smallest absolute Gasteiger partial charge is 0.0542 e. The van der Waals surface area contributed by atoms with E-state index in [1.807, 2.05) is 11.8 Å². The second-order valence-corrected chi connectivity index (χ2v) is 8.43. The summed E-state index contributed by atoms with van der Waals surface area (Å²) in [6.45, 7) is 2.18. The lowest BCUT2D eigenvalue weighted by molar-refractivity contribution is 0.183. The van der Waals surface area contributed by atoms with Crippen LogP contribution in [0.3, 0.4) is 0 Å². The van der Waals surface area contributed by atoms with Gasteiger partial charge < -0.3 is 16.4 Å². The first-order valence-corrected chi connectivity index (χ1v) is 9.24. The van der Waals surface area contributed by atoms with Gasteiger partial charge in [0.2, 0.25) is 0 Å². The number of hydrogen-bond acceptors (Lipinski definition) is 4. The highest BCUT2D eigenvalue weighted by molar-refractivity contribution is 8.03. The van der Waals surface area contributed by atoms with Crippen molar-refractivity contribution < 1.29 is 0 Å². The number of nitrogens with zero attached hydrogens (tertiary/aromatic N) is 1. The summed E-state index contributed by atoms with van der Waals surface area (Å²) in [6, 6.07) is 1.56. The van der Waals surface area contributed by atoms with Gasteiger partial charge in [-0.05, 0) is 45.2 Å². The molecule has 2 bridgehead atoms. The monoisotopic (exact) mass is 307 g/mol. The van der Waals surface area contributed by atoms with Crippen molar-refractivity contribution in [3.8, 4) is 0 Å². The lowest BCUT2D eigenvalue weighted by Gasteiger charge is -2.38. The molecule has 0 amide bonds. The van der Waals surface area contributed by atoms with Crippen molar-refractivity contribution in [2.75, 3.05) is 7.05 Å². The van der Waals surface area contributed by atoms with Crippen LogP contribution < -0.4 is 11.5 Å². The van der Waals surface area contributed by atoms with Crippen molar-refractivity contribution in [3.63, 3.8) is 0 Å². The topological polar surface area (TPSA) is 55.3 Å². The van der Waals surface area contributed by atoms with Crippen LogP contribution in [0.1, 0.15) is 45.4 Å². The van der Waals surface area contributed by atoms with Gasteiger partial charge in [0.05, 0.1) is 5.54 Å². The molecule has 0 aromatic carbocycles. The molecule has 4 atom stereocenters. The zero-order valence-corrected chi connectivity index (χ0v) is 14.1. The van der Waals surface area contributed by atoms with E-state index in [1.165, 1.54) is 30.6 Å². The second-order valence-electron chi connectivity index (χ2n) is 7.06. The van der Waals surface area contributed by atoms with Gasteiger partial charge in [-0.25, -0.2) is 0 Å². The molecular weight excluding hydrogens is 278 g/mol. The summed E-state index contributed by atoms with van der Waals surface area (Å²) in [5.41, 5.74) is 12.4. The largest absolute Gasteiger partial charge is 0.323 e. The fraction of sp³-hybridized carbons (Fsp3) is 0.765. The average molecular weight is 308 g/mol. The molecule has 0 aromatic heterocycles. The summed E-state index contributed by atoms with van der Waals surface area (Å²) in [5.74, 6) is 0. The molecule has 118 valence electrons. The van der Waals surface area contributed by atoms with Gasteiger partial charge in [0, 0.05) is 28.3 Å². The minimum Gasteiger partial charge on any atom is -0.323 e. The first-order chi connectivity index (χ1) is 10.0. The molecule has 0 radical (unpaired) electrons. The predicted molar refractivity (Wildman–Crippen MR) is 92.2 cm³/mol. The van der Waals surface area contributed by atoms with Crippen LogP contribution in [0.2, 0.25) is 0 Å². The zero-order valence-electron chi connectivity index (χ0n) is 13.3. The molecule has 4 N–H and O–H groups in total. The Morgan fingerprint density at radius 1 is 1.33 bits per heavy atom. The highest BCUT2D eigenvalue weighted by Gasteiger charge is 2.39. The molecule has 0 saturated carbocycles. The second kappa shape index (κ2) is 6.07. The number of hydrogen-bond donors (Lipinski definition) is 2. The zero-order chi connectivity index (χ0) is 15.0. The van der Waals surface area contributed by atoms with Crippen molar-refractivity contribution in [2.45, 2.75) is 74.4 Å². The van der Waals surface area contributed by atoms with E-state index in [0.717, 1.165) is 30.2 Å². The Labute approximate surface area is 133 Å². The van der Waals surface area contributed by atoms with E-state index in [2.05, 4.69) is 37.1 Å². The van der Waals surface area contributed by atoms with E-state index in [9.17, 15) is 0 Å². The lowest BCUT2D eigenvalue weighted by atomic mass is 9.84.